The molecule has 2 aromatic heterocycles. The smallest absolute Gasteiger partial charge is 0.265 e. The van der Waals surface area contributed by atoms with E-state index in [1.807, 2.05) is 0 Å². The van der Waals surface area contributed by atoms with Crippen molar-refractivity contribution in [1.29, 1.82) is 0 Å². The van der Waals surface area contributed by atoms with Crippen LogP contribution in [0.3, 0.4) is 0 Å². The Hall–Kier alpha value is -1.99. The van der Waals surface area contributed by atoms with Gasteiger partial charge in [-0.05, 0) is 30.3 Å². The van der Waals surface area contributed by atoms with Crippen LogP contribution >= 0.6 is 23.2 Å². The molecular formula is C14H9Cl2F3N4. The second-order valence-corrected chi connectivity index (χ2v) is 5.64. The highest BCUT2D eigenvalue weighted by Crippen LogP contribution is 2.30. The number of halogens is 5. The molecule has 3 rings (SSSR count). The maximum Gasteiger partial charge on any atom is 0.435 e. The maximum absolute atomic E-state index is 13.0. The molecule has 0 amide bonds. The van der Waals surface area contributed by atoms with Gasteiger partial charge in [0.25, 0.3) is 0 Å². The van der Waals surface area contributed by atoms with E-state index in [2.05, 4.69) is 10.2 Å². The van der Waals surface area contributed by atoms with E-state index in [4.69, 9.17) is 23.2 Å². The predicted molar refractivity (Wildman–Crippen MR) is 79.9 cm³/mol. The zero-order valence-corrected chi connectivity index (χ0v) is 12.9. The minimum absolute atomic E-state index is 0.0957. The summed E-state index contributed by atoms with van der Waals surface area (Å²) < 4.78 is 41.5. The molecule has 0 atom stereocenters. The molecule has 9 heteroatoms. The van der Waals surface area contributed by atoms with Crippen molar-refractivity contribution in [2.75, 3.05) is 0 Å². The van der Waals surface area contributed by atoms with Crippen LogP contribution in [0.5, 0.6) is 0 Å². The fourth-order valence-electron chi connectivity index (χ4n) is 2.07. The average molecular weight is 361 g/mol. The zero-order chi connectivity index (χ0) is 16.6. The lowest BCUT2D eigenvalue weighted by Gasteiger charge is -2.07. The van der Waals surface area contributed by atoms with E-state index in [1.165, 1.54) is 21.8 Å². The van der Waals surface area contributed by atoms with E-state index < -0.39 is 11.9 Å². The topological polar surface area (TPSA) is 35.6 Å². The van der Waals surface area contributed by atoms with Gasteiger partial charge < -0.3 is 0 Å². The minimum atomic E-state index is -4.53. The molecular weight excluding hydrogens is 352 g/mol. The summed E-state index contributed by atoms with van der Waals surface area (Å²) in [6.45, 7) is 0.0957. The molecule has 23 heavy (non-hydrogen) atoms. The second kappa shape index (κ2) is 5.90. The van der Waals surface area contributed by atoms with Crippen molar-refractivity contribution in [2.24, 2.45) is 0 Å². The largest absolute Gasteiger partial charge is 0.435 e. The Bertz CT molecular complexity index is 821. The van der Waals surface area contributed by atoms with Gasteiger partial charge in [0, 0.05) is 11.2 Å². The first kappa shape index (κ1) is 15.9. The van der Waals surface area contributed by atoms with Crippen molar-refractivity contribution >= 4 is 23.2 Å². The van der Waals surface area contributed by atoms with E-state index in [9.17, 15) is 13.2 Å². The van der Waals surface area contributed by atoms with Gasteiger partial charge in [-0.25, -0.2) is 4.68 Å². The number of benzene rings is 1. The molecule has 3 aromatic rings. The summed E-state index contributed by atoms with van der Waals surface area (Å²) in [4.78, 5) is 0. The molecule has 1 aromatic carbocycles. The Kier molecular flexibility index (Phi) is 4.08. The Morgan fingerprint density at radius 2 is 1.74 bits per heavy atom. The van der Waals surface area contributed by atoms with Crippen molar-refractivity contribution in [3.63, 3.8) is 0 Å². The first-order valence-electron chi connectivity index (χ1n) is 6.43. The van der Waals surface area contributed by atoms with E-state index in [-0.39, 0.29) is 6.54 Å². The zero-order valence-electron chi connectivity index (χ0n) is 11.4. The minimum Gasteiger partial charge on any atom is -0.265 e. The second-order valence-electron chi connectivity index (χ2n) is 4.76. The van der Waals surface area contributed by atoms with Gasteiger partial charge in [-0.15, -0.1) is 0 Å². The molecule has 120 valence electrons. The third-order valence-corrected chi connectivity index (χ3v) is 3.52. The molecule has 0 aliphatic heterocycles. The normalized spacial score (nSPS) is 11.9. The van der Waals surface area contributed by atoms with E-state index in [0.29, 0.717) is 21.4 Å². The highest BCUT2D eigenvalue weighted by Gasteiger charge is 2.35. The number of aromatic nitrogens is 4. The predicted octanol–water partition coefficient (Wildman–Crippen LogP) is 4.44. The fourth-order valence-corrected chi connectivity index (χ4v) is 2.35. The Morgan fingerprint density at radius 1 is 1.04 bits per heavy atom. The number of hydrogen-bond acceptors (Lipinski definition) is 2. The number of nitrogens with zero attached hydrogens (tertiary/aromatic N) is 4. The molecule has 0 unspecified atom stereocenters. The number of alkyl halides is 3. The number of rotatable bonds is 3. The van der Waals surface area contributed by atoms with Crippen molar-refractivity contribution in [3.8, 4) is 5.69 Å². The molecule has 0 saturated heterocycles. The van der Waals surface area contributed by atoms with Crippen LogP contribution in [-0.2, 0) is 12.7 Å². The fraction of sp³-hybridized carbons (Fsp3) is 0.143. The summed E-state index contributed by atoms with van der Waals surface area (Å²) in [5.74, 6) is 0. The summed E-state index contributed by atoms with van der Waals surface area (Å²) in [5, 5.41) is 8.52. The molecule has 2 heterocycles. The first-order valence-corrected chi connectivity index (χ1v) is 7.18. The van der Waals surface area contributed by atoms with Gasteiger partial charge in [0.2, 0.25) is 0 Å². The molecule has 0 saturated carbocycles. The van der Waals surface area contributed by atoms with Gasteiger partial charge in [-0.1, -0.05) is 23.2 Å². The summed E-state index contributed by atoms with van der Waals surface area (Å²) >= 11 is 11.6. The van der Waals surface area contributed by atoms with Gasteiger partial charge in [-0.2, -0.15) is 23.4 Å². The first-order chi connectivity index (χ1) is 10.8. The van der Waals surface area contributed by atoms with E-state index in [0.717, 1.165) is 6.07 Å². The van der Waals surface area contributed by atoms with E-state index in [1.54, 1.807) is 24.3 Å². The van der Waals surface area contributed by atoms with Crippen LogP contribution < -0.4 is 0 Å². The van der Waals surface area contributed by atoms with Gasteiger partial charge in [-0.3, -0.25) is 4.68 Å². The SMILES string of the molecule is FC(F)(F)c1cc(Cn2cc(Cl)cn2)n(-c2ccc(Cl)cc2)n1. The van der Waals surface area contributed by atoms with Crippen LogP contribution in [0, 0.1) is 0 Å². The molecule has 0 fully saturated rings. The van der Waals surface area contributed by atoms with Crippen molar-refractivity contribution < 1.29 is 13.2 Å². The lowest BCUT2D eigenvalue weighted by atomic mass is 10.3. The summed E-state index contributed by atoms with van der Waals surface area (Å²) in [6, 6.07) is 7.34. The Morgan fingerprint density at radius 3 is 2.30 bits per heavy atom. The van der Waals surface area contributed by atoms with Crippen LogP contribution in [0.1, 0.15) is 11.4 Å². The third-order valence-electron chi connectivity index (χ3n) is 3.07. The van der Waals surface area contributed by atoms with Crippen molar-refractivity contribution in [3.05, 3.63) is 64.2 Å². The molecule has 0 bridgehead atoms. The molecule has 0 radical (unpaired) electrons. The van der Waals surface area contributed by atoms with Crippen molar-refractivity contribution in [2.45, 2.75) is 12.7 Å². The summed E-state index contributed by atoms with van der Waals surface area (Å²) in [5.41, 5.74) is -0.182. The number of hydrogen-bond donors (Lipinski definition) is 0. The van der Waals surface area contributed by atoms with Crippen LogP contribution in [0.2, 0.25) is 10.0 Å². The monoisotopic (exact) mass is 360 g/mol. The Labute approximate surface area is 139 Å². The van der Waals surface area contributed by atoms with Crippen LogP contribution in [0.15, 0.2) is 42.7 Å². The van der Waals surface area contributed by atoms with E-state index >= 15 is 0 Å². The summed E-state index contributed by atoms with van der Waals surface area (Å²) in [6.07, 6.45) is -1.60. The molecule has 0 aliphatic rings. The summed E-state index contributed by atoms with van der Waals surface area (Å²) in [7, 11) is 0. The molecule has 0 aliphatic carbocycles. The van der Waals surface area contributed by atoms with Gasteiger partial charge in [0.1, 0.15) is 0 Å². The molecule has 0 spiro atoms. The van der Waals surface area contributed by atoms with Crippen LogP contribution in [-0.4, -0.2) is 19.6 Å². The Balaban J connectivity index is 2.05. The lowest BCUT2D eigenvalue weighted by molar-refractivity contribution is -0.141. The quantitative estimate of drug-likeness (QED) is 0.691. The van der Waals surface area contributed by atoms with Crippen LogP contribution in [0.4, 0.5) is 13.2 Å². The standard InChI is InChI=1S/C14H9Cl2F3N4/c15-9-1-3-11(4-2-9)23-12(5-13(21-23)14(17,18)19)8-22-7-10(16)6-20-22/h1-7H,8H2. The lowest BCUT2D eigenvalue weighted by Crippen LogP contribution is -2.09. The highest BCUT2D eigenvalue weighted by molar-refractivity contribution is 6.30. The maximum atomic E-state index is 13.0. The molecule has 4 nitrogen and oxygen atoms in total. The van der Waals surface area contributed by atoms with Crippen LogP contribution in [0.25, 0.3) is 5.69 Å². The highest BCUT2D eigenvalue weighted by atomic mass is 35.5. The average Bonchev–Trinajstić information content (AvgIpc) is 3.07. The van der Waals surface area contributed by atoms with Crippen molar-refractivity contribution in [1.82, 2.24) is 19.6 Å². The van der Waals surface area contributed by atoms with Gasteiger partial charge in [0.15, 0.2) is 5.69 Å². The third kappa shape index (κ3) is 3.51. The van der Waals surface area contributed by atoms with Gasteiger partial charge >= 0.3 is 6.18 Å². The molecule has 0 N–H and O–H groups in total. The van der Waals surface area contributed by atoms with Gasteiger partial charge in [0.05, 0.1) is 29.1 Å².